The second-order valence-corrected chi connectivity index (χ2v) is 7.33. The van der Waals surface area contributed by atoms with Gasteiger partial charge in [0.15, 0.2) is 0 Å². The minimum Gasteiger partial charge on any atom is -0.313 e. The van der Waals surface area contributed by atoms with Gasteiger partial charge in [-0.2, -0.15) is 11.8 Å². The first-order valence-electron chi connectivity index (χ1n) is 8.52. The zero-order valence-corrected chi connectivity index (χ0v) is 15.4. The molecule has 0 aliphatic rings. The average Bonchev–Trinajstić information content (AvgIpc) is 2.44. The van der Waals surface area contributed by atoms with Gasteiger partial charge in [0.1, 0.15) is 0 Å². The summed E-state index contributed by atoms with van der Waals surface area (Å²) >= 11 is 2.13. The third-order valence-corrected chi connectivity index (χ3v) is 5.44. The van der Waals surface area contributed by atoms with Crippen LogP contribution in [0.25, 0.3) is 0 Å². The fourth-order valence-electron chi connectivity index (χ4n) is 2.93. The van der Waals surface area contributed by atoms with Crippen LogP contribution in [0.15, 0.2) is 18.2 Å². The molecule has 0 saturated carbocycles. The van der Waals surface area contributed by atoms with E-state index in [0.29, 0.717) is 6.04 Å². The van der Waals surface area contributed by atoms with Crippen molar-refractivity contribution in [2.45, 2.75) is 77.3 Å². The molecule has 2 atom stereocenters. The molecular formula is C19H33NS. The van der Waals surface area contributed by atoms with Crippen molar-refractivity contribution in [3.05, 3.63) is 34.9 Å². The molecule has 1 rings (SSSR count). The van der Waals surface area contributed by atoms with E-state index in [1.807, 2.05) is 0 Å². The normalized spacial score (nSPS) is 14.1. The van der Waals surface area contributed by atoms with Crippen LogP contribution >= 0.6 is 11.8 Å². The molecule has 1 aromatic carbocycles. The van der Waals surface area contributed by atoms with E-state index in [1.54, 1.807) is 0 Å². The Morgan fingerprint density at radius 2 is 1.67 bits per heavy atom. The van der Waals surface area contributed by atoms with Crippen LogP contribution in [0, 0.1) is 13.8 Å². The van der Waals surface area contributed by atoms with E-state index in [4.69, 9.17) is 0 Å². The Hall–Kier alpha value is -0.470. The second kappa shape index (κ2) is 10.3. The van der Waals surface area contributed by atoms with Crippen LogP contribution in [0.5, 0.6) is 0 Å². The Morgan fingerprint density at radius 3 is 2.19 bits per heavy atom. The van der Waals surface area contributed by atoms with Crippen LogP contribution in [0.1, 0.15) is 63.1 Å². The highest BCUT2D eigenvalue weighted by Gasteiger charge is 2.19. The number of nitrogens with one attached hydrogen (secondary N) is 1. The SMILES string of the molecule is CCCNC(CCC)C(CC)SCc1cc(C)cc(C)c1. The molecule has 0 aromatic heterocycles. The van der Waals surface area contributed by atoms with Gasteiger partial charge in [0.05, 0.1) is 0 Å². The topological polar surface area (TPSA) is 12.0 Å². The molecule has 0 fully saturated rings. The Balaban J connectivity index is 2.62. The Bertz CT molecular complexity index is 382. The fraction of sp³-hybridized carbons (Fsp3) is 0.684. The first-order valence-corrected chi connectivity index (χ1v) is 9.57. The molecule has 0 heterocycles. The smallest absolute Gasteiger partial charge is 0.0201 e. The maximum atomic E-state index is 3.76. The van der Waals surface area contributed by atoms with E-state index >= 15 is 0 Å². The standard InChI is InChI=1S/C19H33NS/c1-6-9-18(20-10-7-2)19(8-3)21-14-17-12-15(4)11-16(5)13-17/h11-13,18-20H,6-10,14H2,1-5H3. The predicted molar refractivity (Wildman–Crippen MR) is 98.3 cm³/mol. The number of benzene rings is 1. The van der Waals surface area contributed by atoms with Gasteiger partial charge in [-0.15, -0.1) is 0 Å². The molecule has 2 unspecified atom stereocenters. The van der Waals surface area contributed by atoms with Gasteiger partial charge >= 0.3 is 0 Å². The molecule has 0 aliphatic carbocycles. The first kappa shape index (κ1) is 18.6. The minimum atomic E-state index is 0.663. The van der Waals surface area contributed by atoms with Crippen molar-refractivity contribution in [2.75, 3.05) is 6.54 Å². The van der Waals surface area contributed by atoms with Crippen molar-refractivity contribution in [2.24, 2.45) is 0 Å². The Kier molecular flexibility index (Phi) is 9.10. The maximum Gasteiger partial charge on any atom is 0.0201 e. The van der Waals surface area contributed by atoms with Crippen molar-refractivity contribution in [1.29, 1.82) is 0 Å². The summed E-state index contributed by atoms with van der Waals surface area (Å²) in [6.07, 6.45) is 5.02. The van der Waals surface area contributed by atoms with E-state index < -0.39 is 0 Å². The number of hydrogen-bond acceptors (Lipinski definition) is 2. The van der Waals surface area contributed by atoms with Crippen molar-refractivity contribution in [1.82, 2.24) is 5.32 Å². The summed E-state index contributed by atoms with van der Waals surface area (Å²) in [4.78, 5) is 0. The van der Waals surface area contributed by atoms with Gasteiger partial charge in [-0.3, -0.25) is 0 Å². The molecule has 0 amide bonds. The van der Waals surface area contributed by atoms with Gasteiger partial charge < -0.3 is 5.32 Å². The molecule has 2 heteroatoms. The van der Waals surface area contributed by atoms with Gasteiger partial charge in [-0.1, -0.05) is 56.5 Å². The molecule has 0 aliphatic heterocycles. The largest absolute Gasteiger partial charge is 0.313 e. The van der Waals surface area contributed by atoms with Crippen LogP contribution < -0.4 is 5.32 Å². The molecule has 120 valence electrons. The van der Waals surface area contributed by atoms with E-state index in [1.165, 1.54) is 42.4 Å². The Labute approximate surface area is 136 Å². The molecule has 1 nitrogen and oxygen atoms in total. The van der Waals surface area contributed by atoms with Gasteiger partial charge in [0.25, 0.3) is 0 Å². The fourth-order valence-corrected chi connectivity index (χ4v) is 4.21. The number of rotatable bonds is 10. The van der Waals surface area contributed by atoms with Gasteiger partial charge in [-0.25, -0.2) is 0 Å². The number of hydrogen-bond donors (Lipinski definition) is 1. The van der Waals surface area contributed by atoms with Crippen molar-refractivity contribution < 1.29 is 0 Å². The van der Waals surface area contributed by atoms with Crippen LogP contribution in [0.3, 0.4) is 0 Å². The third-order valence-electron chi connectivity index (χ3n) is 3.85. The zero-order chi connectivity index (χ0) is 15.7. The summed E-state index contributed by atoms with van der Waals surface area (Å²) in [6, 6.07) is 7.59. The molecule has 0 bridgehead atoms. The number of thioether (sulfide) groups is 1. The number of aryl methyl sites for hydroxylation is 2. The highest BCUT2D eigenvalue weighted by atomic mass is 32.2. The molecule has 0 saturated heterocycles. The zero-order valence-electron chi connectivity index (χ0n) is 14.5. The van der Waals surface area contributed by atoms with Crippen molar-refractivity contribution in [3.63, 3.8) is 0 Å². The van der Waals surface area contributed by atoms with Crippen LogP contribution in [0.4, 0.5) is 0 Å². The lowest BCUT2D eigenvalue weighted by molar-refractivity contribution is 0.454. The first-order chi connectivity index (χ1) is 10.1. The molecule has 1 N–H and O–H groups in total. The molecule has 0 radical (unpaired) electrons. The van der Waals surface area contributed by atoms with Crippen molar-refractivity contribution >= 4 is 11.8 Å². The highest BCUT2D eigenvalue weighted by molar-refractivity contribution is 7.99. The molecular weight excluding hydrogens is 274 g/mol. The summed E-state index contributed by atoms with van der Waals surface area (Å²) in [5.41, 5.74) is 4.24. The monoisotopic (exact) mass is 307 g/mol. The molecule has 21 heavy (non-hydrogen) atoms. The van der Waals surface area contributed by atoms with Crippen molar-refractivity contribution in [3.8, 4) is 0 Å². The van der Waals surface area contributed by atoms with E-state index in [-0.39, 0.29) is 0 Å². The summed E-state index contributed by atoms with van der Waals surface area (Å²) in [5, 5.41) is 4.48. The van der Waals surface area contributed by atoms with Gasteiger partial charge in [0, 0.05) is 17.0 Å². The second-order valence-electron chi connectivity index (χ2n) is 6.10. The van der Waals surface area contributed by atoms with Gasteiger partial charge in [0.2, 0.25) is 0 Å². The molecule has 0 spiro atoms. The van der Waals surface area contributed by atoms with Crippen LogP contribution in [-0.2, 0) is 5.75 Å². The summed E-state index contributed by atoms with van der Waals surface area (Å²) < 4.78 is 0. The molecule has 1 aromatic rings. The van der Waals surface area contributed by atoms with E-state index in [0.717, 1.165) is 17.5 Å². The lowest BCUT2D eigenvalue weighted by Crippen LogP contribution is -2.38. The van der Waals surface area contributed by atoms with Gasteiger partial charge in [-0.05, 0) is 45.2 Å². The van der Waals surface area contributed by atoms with Crippen LogP contribution in [-0.4, -0.2) is 17.8 Å². The van der Waals surface area contributed by atoms with E-state index in [2.05, 4.69) is 69.9 Å². The quantitative estimate of drug-likeness (QED) is 0.614. The lowest BCUT2D eigenvalue weighted by Gasteiger charge is -2.27. The predicted octanol–water partition coefficient (Wildman–Crippen LogP) is 5.48. The van der Waals surface area contributed by atoms with Crippen LogP contribution in [0.2, 0.25) is 0 Å². The maximum absolute atomic E-state index is 3.76. The summed E-state index contributed by atoms with van der Waals surface area (Å²) in [6.45, 7) is 12.4. The third kappa shape index (κ3) is 6.88. The lowest BCUT2D eigenvalue weighted by atomic mass is 10.1. The summed E-state index contributed by atoms with van der Waals surface area (Å²) in [5.74, 6) is 1.13. The van der Waals surface area contributed by atoms with E-state index in [9.17, 15) is 0 Å². The minimum absolute atomic E-state index is 0.663. The average molecular weight is 308 g/mol. The highest BCUT2D eigenvalue weighted by Crippen LogP contribution is 2.26. The summed E-state index contributed by atoms with van der Waals surface area (Å²) in [7, 11) is 0. The Morgan fingerprint density at radius 1 is 1.00 bits per heavy atom.